The lowest BCUT2D eigenvalue weighted by atomic mass is 9.64. The maximum absolute atomic E-state index is 12.0. The van der Waals surface area contributed by atoms with Crippen LogP contribution in [0.25, 0.3) is 22.6 Å². The average Bonchev–Trinajstić information content (AvgIpc) is 3.33. The number of carbonyl (C=O) groups excluding carboxylic acids is 1. The van der Waals surface area contributed by atoms with Crippen molar-refractivity contribution in [2.45, 2.75) is 24.7 Å². The van der Waals surface area contributed by atoms with Gasteiger partial charge in [-0.3, -0.25) is 9.78 Å². The van der Waals surface area contributed by atoms with Crippen molar-refractivity contribution >= 4 is 11.9 Å². The number of benzene rings is 1. The molecule has 172 valence electrons. The van der Waals surface area contributed by atoms with Crippen molar-refractivity contribution in [1.29, 1.82) is 0 Å². The van der Waals surface area contributed by atoms with Crippen molar-refractivity contribution in [3.05, 3.63) is 72.1 Å². The number of aliphatic hydroxyl groups excluding tert-OH is 1. The van der Waals surface area contributed by atoms with Gasteiger partial charge in [-0.05, 0) is 36.1 Å². The van der Waals surface area contributed by atoms with Crippen LogP contribution in [0.1, 0.15) is 41.1 Å². The second-order valence-electron chi connectivity index (χ2n) is 8.18. The number of nitrogens with one attached hydrogen (secondary N) is 1. The molecule has 3 aromatic heterocycles. The second-order valence-corrected chi connectivity index (χ2v) is 8.18. The molecule has 5 rings (SSSR count). The maximum Gasteiger partial charge on any atom is 0.269 e. The molecule has 1 fully saturated rings. The standard InChI is InChI=1S/C24H23N7O3/c25-23-28-13-17(14-29-23)15-2-5-18(6-3-15)24(8-1-9-24)22-30-21(34-31-22)16-4-7-19(27-12-16)20(33)26-10-11-32/h2-7,12-14,32H,1,8-11H2,(H,26,33)(H2,25,28,29). The minimum absolute atomic E-state index is 0.130. The highest BCUT2D eigenvalue weighted by molar-refractivity contribution is 5.92. The normalized spacial score (nSPS) is 14.4. The lowest BCUT2D eigenvalue weighted by Crippen LogP contribution is -2.36. The highest BCUT2D eigenvalue weighted by atomic mass is 16.5. The molecule has 10 heteroatoms. The first-order valence-corrected chi connectivity index (χ1v) is 11.0. The minimum atomic E-state index is -0.353. The Morgan fingerprint density at radius 2 is 1.71 bits per heavy atom. The summed E-state index contributed by atoms with van der Waals surface area (Å²) in [6.45, 7) is 0.0426. The maximum atomic E-state index is 12.0. The lowest BCUT2D eigenvalue weighted by Gasteiger charge is -2.39. The van der Waals surface area contributed by atoms with Gasteiger partial charge in [-0.1, -0.05) is 35.8 Å². The summed E-state index contributed by atoms with van der Waals surface area (Å²) in [6.07, 6.45) is 7.88. The molecule has 1 amide bonds. The molecule has 3 heterocycles. The first kappa shape index (κ1) is 21.7. The molecule has 1 aliphatic rings. The Labute approximate surface area is 195 Å². The van der Waals surface area contributed by atoms with Crippen LogP contribution in [0.3, 0.4) is 0 Å². The van der Waals surface area contributed by atoms with E-state index in [9.17, 15) is 4.79 Å². The summed E-state index contributed by atoms with van der Waals surface area (Å²) in [5.41, 5.74) is 9.19. The molecule has 0 aliphatic heterocycles. The van der Waals surface area contributed by atoms with Crippen LogP contribution in [-0.2, 0) is 5.41 Å². The summed E-state index contributed by atoms with van der Waals surface area (Å²) in [6, 6.07) is 11.6. The Morgan fingerprint density at radius 3 is 2.32 bits per heavy atom. The van der Waals surface area contributed by atoms with Gasteiger partial charge in [0.2, 0.25) is 5.95 Å². The van der Waals surface area contributed by atoms with Crippen molar-refractivity contribution in [2.75, 3.05) is 18.9 Å². The summed E-state index contributed by atoms with van der Waals surface area (Å²) in [7, 11) is 0. The van der Waals surface area contributed by atoms with Crippen molar-refractivity contribution in [3.8, 4) is 22.6 Å². The predicted molar refractivity (Wildman–Crippen MR) is 123 cm³/mol. The lowest BCUT2D eigenvalue weighted by molar-refractivity contribution is 0.0940. The zero-order valence-electron chi connectivity index (χ0n) is 18.3. The summed E-state index contributed by atoms with van der Waals surface area (Å²) in [5, 5.41) is 15.7. The number of carbonyl (C=O) groups is 1. The number of nitrogens with zero attached hydrogens (tertiary/aromatic N) is 5. The SMILES string of the molecule is Nc1ncc(-c2ccc(C3(c4noc(-c5ccc(C(=O)NCCO)nc5)n4)CCC3)cc2)cn1. The van der Waals surface area contributed by atoms with Gasteiger partial charge in [-0.15, -0.1) is 0 Å². The molecule has 4 aromatic rings. The van der Waals surface area contributed by atoms with Gasteiger partial charge in [-0.25, -0.2) is 9.97 Å². The van der Waals surface area contributed by atoms with Gasteiger partial charge < -0.3 is 20.7 Å². The highest BCUT2D eigenvalue weighted by Crippen LogP contribution is 2.48. The predicted octanol–water partition coefficient (Wildman–Crippen LogP) is 2.36. The zero-order valence-corrected chi connectivity index (χ0v) is 18.3. The second kappa shape index (κ2) is 8.99. The molecule has 0 atom stereocenters. The van der Waals surface area contributed by atoms with E-state index in [1.165, 1.54) is 6.20 Å². The highest BCUT2D eigenvalue weighted by Gasteiger charge is 2.44. The summed E-state index contributed by atoms with van der Waals surface area (Å²) < 4.78 is 5.56. The Morgan fingerprint density at radius 1 is 1.00 bits per heavy atom. The van der Waals surface area contributed by atoms with Gasteiger partial charge >= 0.3 is 0 Å². The van der Waals surface area contributed by atoms with Gasteiger partial charge in [0.1, 0.15) is 5.69 Å². The Kier molecular flexibility index (Phi) is 5.72. The molecule has 1 saturated carbocycles. The number of anilines is 1. The molecular formula is C24H23N7O3. The zero-order chi connectivity index (χ0) is 23.5. The number of amides is 1. The average molecular weight is 457 g/mol. The van der Waals surface area contributed by atoms with E-state index in [0.717, 1.165) is 36.0 Å². The van der Waals surface area contributed by atoms with Gasteiger partial charge in [0.25, 0.3) is 11.8 Å². The van der Waals surface area contributed by atoms with E-state index in [-0.39, 0.29) is 36.1 Å². The van der Waals surface area contributed by atoms with Crippen LogP contribution in [0, 0.1) is 0 Å². The smallest absolute Gasteiger partial charge is 0.269 e. The van der Waals surface area contributed by atoms with Crippen molar-refractivity contribution in [2.24, 2.45) is 0 Å². The van der Waals surface area contributed by atoms with E-state index in [1.54, 1.807) is 24.5 Å². The first-order valence-electron chi connectivity index (χ1n) is 11.0. The van der Waals surface area contributed by atoms with Gasteiger partial charge in [0.15, 0.2) is 5.82 Å². The third kappa shape index (κ3) is 3.99. The molecule has 4 N–H and O–H groups in total. The molecular weight excluding hydrogens is 434 g/mol. The number of pyridine rings is 1. The van der Waals surface area contributed by atoms with Gasteiger partial charge in [0.05, 0.1) is 17.6 Å². The van der Waals surface area contributed by atoms with E-state index < -0.39 is 0 Å². The summed E-state index contributed by atoms with van der Waals surface area (Å²) >= 11 is 0. The largest absolute Gasteiger partial charge is 0.395 e. The summed E-state index contributed by atoms with van der Waals surface area (Å²) in [5.74, 6) is 0.888. The topological polar surface area (TPSA) is 153 Å². The third-order valence-electron chi connectivity index (χ3n) is 6.14. The van der Waals surface area contributed by atoms with Crippen molar-refractivity contribution in [3.63, 3.8) is 0 Å². The van der Waals surface area contributed by atoms with Crippen LogP contribution in [0.15, 0.2) is 59.5 Å². The number of aromatic nitrogens is 5. The van der Waals surface area contributed by atoms with Gasteiger partial charge in [-0.2, -0.15) is 4.98 Å². The van der Waals surface area contributed by atoms with Crippen molar-refractivity contribution < 1.29 is 14.4 Å². The molecule has 0 radical (unpaired) electrons. The van der Waals surface area contributed by atoms with Crippen LogP contribution in [-0.4, -0.2) is 49.3 Å². The number of nitrogen functional groups attached to an aromatic ring is 1. The van der Waals surface area contributed by atoms with Gasteiger partial charge in [0, 0.05) is 30.7 Å². The van der Waals surface area contributed by atoms with Crippen LogP contribution < -0.4 is 11.1 Å². The van der Waals surface area contributed by atoms with Crippen molar-refractivity contribution in [1.82, 2.24) is 30.4 Å². The Bertz CT molecular complexity index is 1280. The summed E-state index contributed by atoms with van der Waals surface area (Å²) in [4.78, 5) is 28.9. The monoisotopic (exact) mass is 457 g/mol. The number of hydrogen-bond acceptors (Lipinski definition) is 9. The molecule has 1 aliphatic carbocycles. The Balaban J connectivity index is 1.37. The van der Waals surface area contributed by atoms with E-state index in [4.69, 9.17) is 15.4 Å². The minimum Gasteiger partial charge on any atom is -0.395 e. The Hall–Kier alpha value is -4.18. The van der Waals surface area contributed by atoms with E-state index in [2.05, 4.69) is 42.5 Å². The first-order chi connectivity index (χ1) is 16.6. The molecule has 0 saturated heterocycles. The van der Waals surface area contributed by atoms with E-state index in [0.29, 0.717) is 17.3 Å². The quantitative estimate of drug-likeness (QED) is 0.379. The molecule has 0 bridgehead atoms. The fourth-order valence-corrected chi connectivity index (χ4v) is 4.09. The number of nitrogens with two attached hydrogens (primary N) is 1. The molecule has 10 nitrogen and oxygen atoms in total. The number of hydrogen-bond donors (Lipinski definition) is 3. The molecule has 0 spiro atoms. The molecule has 1 aromatic carbocycles. The van der Waals surface area contributed by atoms with Crippen LogP contribution in [0.5, 0.6) is 0 Å². The van der Waals surface area contributed by atoms with E-state index in [1.807, 2.05) is 12.1 Å². The van der Waals surface area contributed by atoms with E-state index >= 15 is 0 Å². The van der Waals surface area contributed by atoms with Crippen LogP contribution in [0.2, 0.25) is 0 Å². The fourth-order valence-electron chi connectivity index (χ4n) is 4.09. The fraction of sp³-hybridized carbons (Fsp3) is 0.250. The molecule has 0 unspecified atom stereocenters. The third-order valence-corrected chi connectivity index (χ3v) is 6.14. The molecule has 34 heavy (non-hydrogen) atoms. The number of aliphatic hydroxyl groups is 1. The van der Waals surface area contributed by atoms with Crippen LogP contribution in [0.4, 0.5) is 5.95 Å². The van der Waals surface area contributed by atoms with Crippen LogP contribution >= 0.6 is 0 Å². The number of rotatable bonds is 7.